The zero-order chi connectivity index (χ0) is 16.4. The summed E-state index contributed by atoms with van der Waals surface area (Å²) in [6.45, 7) is 3.70. The molecule has 0 bridgehead atoms. The van der Waals surface area contributed by atoms with E-state index in [1.54, 1.807) is 6.92 Å². The number of aromatic nitrogens is 1. The lowest BCUT2D eigenvalue weighted by Gasteiger charge is -2.13. The maximum atomic E-state index is 12.4. The molecule has 0 saturated heterocycles. The van der Waals surface area contributed by atoms with Crippen molar-refractivity contribution in [3.05, 3.63) is 76.1 Å². The molecule has 3 rings (SSSR count). The number of nitrogens with one attached hydrogen (secondary N) is 1. The van der Waals surface area contributed by atoms with Gasteiger partial charge < -0.3 is 5.32 Å². The highest BCUT2D eigenvalue weighted by atomic mass is 16.2. The van der Waals surface area contributed by atoms with Gasteiger partial charge in [-0.25, -0.2) is 0 Å². The normalized spacial score (nSPS) is 10.7. The molecule has 1 amide bonds. The third kappa shape index (κ3) is 3.01. The summed E-state index contributed by atoms with van der Waals surface area (Å²) in [5.74, 6) is -0.211. The Morgan fingerprint density at radius 3 is 2.48 bits per heavy atom. The van der Waals surface area contributed by atoms with Crippen LogP contribution >= 0.6 is 0 Å². The van der Waals surface area contributed by atoms with Crippen molar-refractivity contribution in [2.75, 3.05) is 5.32 Å². The van der Waals surface area contributed by atoms with Gasteiger partial charge in [0.05, 0.1) is 5.52 Å². The Kier molecular flexibility index (Phi) is 3.98. The second kappa shape index (κ2) is 6.08. The Morgan fingerprint density at radius 1 is 1.00 bits per heavy atom. The van der Waals surface area contributed by atoms with Crippen molar-refractivity contribution in [3.8, 4) is 0 Å². The molecule has 116 valence electrons. The first-order chi connectivity index (χ1) is 11.1. The Labute approximate surface area is 134 Å². The number of anilines is 1. The molecule has 0 unspecified atom stereocenters. The number of carbonyl (C=O) groups is 1. The van der Waals surface area contributed by atoms with E-state index in [0.29, 0.717) is 5.56 Å². The number of nitrogens with zero attached hydrogens (tertiary/aromatic N) is 1. The molecule has 0 saturated carbocycles. The first-order valence-corrected chi connectivity index (χ1v) is 7.51. The van der Waals surface area contributed by atoms with Gasteiger partial charge >= 0.3 is 0 Å². The fraction of sp³-hybridized carbons (Fsp3) is 0.158. The summed E-state index contributed by atoms with van der Waals surface area (Å²) in [4.78, 5) is 24.8. The molecule has 0 radical (unpaired) electrons. The largest absolute Gasteiger partial charge is 0.324 e. The van der Waals surface area contributed by atoms with Crippen molar-refractivity contribution >= 4 is 22.5 Å². The van der Waals surface area contributed by atoms with Crippen LogP contribution in [0.2, 0.25) is 0 Å². The Morgan fingerprint density at radius 2 is 1.70 bits per heavy atom. The van der Waals surface area contributed by atoms with Crippen molar-refractivity contribution in [2.24, 2.45) is 0 Å². The molecule has 0 atom stereocenters. The number of para-hydroxylation sites is 2. The van der Waals surface area contributed by atoms with Crippen LogP contribution in [0.5, 0.6) is 0 Å². The van der Waals surface area contributed by atoms with Crippen LogP contribution in [0.3, 0.4) is 0 Å². The van der Waals surface area contributed by atoms with Gasteiger partial charge in [-0.15, -0.1) is 0 Å². The average molecular weight is 306 g/mol. The summed E-state index contributed by atoms with van der Waals surface area (Å²) in [6, 6.07) is 17.0. The van der Waals surface area contributed by atoms with Gasteiger partial charge in [0.25, 0.3) is 5.56 Å². The van der Waals surface area contributed by atoms with Gasteiger partial charge in [-0.05, 0) is 43.0 Å². The number of benzene rings is 2. The standard InChI is InChI=1S/C19H18N2O2/c1-13-7-3-5-9-16(13)20-18(22)12-21-17-10-6-4-8-15(17)11-14(2)19(21)23/h3-11H,12H2,1-2H3,(H,20,22). The molecule has 0 aliphatic carbocycles. The van der Waals surface area contributed by atoms with Crippen molar-refractivity contribution in [3.63, 3.8) is 0 Å². The Hall–Kier alpha value is -2.88. The van der Waals surface area contributed by atoms with Crippen molar-refractivity contribution in [1.29, 1.82) is 0 Å². The van der Waals surface area contributed by atoms with Crippen LogP contribution in [0.4, 0.5) is 5.69 Å². The van der Waals surface area contributed by atoms with Crippen LogP contribution in [0.15, 0.2) is 59.4 Å². The van der Waals surface area contributed by atoms with Crippen LogP contribution in [0.25, 0.3) is 10.9 Å². The second-order valence-electron chi connectivity index (χ2n) is 5.64. The van der Waals surface area contributed by atoms with E-state index in [4.69, 9.17) is 0 Å². The molecular formula is C19H18N2O2. The van der Waals surface area contributed by atoms with Crippen LogP contribution in [-0.2, 0) is 11.3 Å². The summed E-state index contributed by atoms with van der Waals surface area (Å²) in [7, 11) is 0. The van der Waals surface area contributed by atoms with Crippen LogP contribution in [0, 0.1) is 13.8 Å². The van der Waals surface area contributed by atoms with E-state index in [2.05, 4.69) is 5.32 Å². The lowest BCUT2D eigenvalue weighted by molar-refractivity contribution is -0.116. The predicted octanol–water partition coefficient (Wildman–Crippen LogP) is 3.26. The molecular weight excluding hydrogens is 288 g/mol. The zero-order valence-corrected chi connectivity index (χ0v) is 13.2. The predicted molar refractivity (Wildman–Crippen MR) is 92.8 cm³/mol. The summed E-state index contributed by atoms with van der Waals surface area (Å²) in [5, 5.41) is 3.82. The molecule has 1 aromatic heterocycles. The molecule has 0 fully saturated rings. The molecule has 23 heavy (non-hydrogen) atoms. The SMILES string of the molecule is Cc1ccccc1NC(=O)Cn1c(=O)c(C)cc2ccccc21. The Balaban J connectivity index is 1.95. The minimum Gasteiger partial charge on any atom is -0.324 e. The molecule has 0 spiro atoms. The number of amides is 1. The number of aryl methyl sites for hydroxylation is 2. The van der Waals surface area contributed by atoms with Gasteiger partial charge in [-0.3, -0.25) is 14.2 Å². The van der Waals surface area contributed by atoms with Gasteiger partial charge in [-0.1, -0.05) is 36.4 Å². The molecule has 2 aromatic carbocycles. The van der Waals surface area contributed by atoms with Crippen LogP contribution in [0.1, 0.15) is 11.1 Å². The van der Waals surface area contributed by atoms with Gasteiger partial charge in [0.2, 0.25) is 5.91 Å². The summed E-state index contributed by atoms with van der Waals surface area (Å²) in [6.07, 6.45) is 0. The van der Waals surface area contributed by atoms with E-state index in [-0.39, 0.29) is 18.0 Å². The Bertz CT molecular complexity index is 941. The van der Waals surface area contributed by atoms with E-state index in [1.165, 1.54) is 4.57 Å². The van der Waals surface area contributed by atoms with Gasteiger partial charge in [0.1, 0.15) is 6.54 Å². The lowest BCUT2D eigenvalue weighted by atomic mass is 10.1. The molecule has 4 nitrogen and oxygen atoms in total. The van der Waals surface area contributed by atoms with E-state index < -0.39 is 0 Å². The number of rotatable bonds is 3. The smallest absolute Gasteiger partial charge is 0.254 e. The minimum atomic E-state index is -0.211. The molecule has 1 heterocycles. The number of hydrogen-bond acceptors (Lipinski definition) is 2. The number of carbonyl (C=O) groups excluding carboxylic acids is 1. The number of hydrogen-bond donors (Lipinski definition) is 1. The number of fused-ring (bicyclic) bond motifs is 1. The summed E-state index contributed by atoms with van der Waals surface area (Å²) >= 11 is 0. The zero-order valence-electron chi connectivity index (χ0n) is 13.2. The maximum Gasteiger partial charge on any atom is 0.254 e. The van der Waals surface area contributed by atoms with Crippen molar-refractivity contribution in [2.45, 2.75) is 20.4 Å². The third-order valence-electron chi connectivity index (χ3n) is 3.90. The molecule has 0 aliphatic heterocycles. The third-order valence-corrected chi connectivity index (χ3v) is 3.90. The van der Waals surface area contributed by atoms with Crippen molar-refractivity contribution < 1.29 is 4.79 Å². The van der Waals surface area contributed by atoms with Crippen LogP contribution in [-0.4, -0.2) is 10.5 Å². The topological polar surface area (TPSA) is 51.1 Å². The fourth-order valence-corrected chi connectivity index (χ4v) is 2.68. The van der Waals surface area contributed by atoms with E-state index in [9.17, 15) is 9.59 Å². The first kappa shape index (κ1) is 15.0. The van der Waals surface area contributed by atoms with E-state index in [1.807, 2.05) is 61.5 Å². The maximum absolute atomic E-state index is 12.4. The van der Waals surface area contributed by atoms with Gasteiger partial charge in [0, 0.05) is 11.3 Å². The first-order valence-electron chi connectivity index (χ1n) is 7.51. The monoisotopic (exact) mass is 306 g/mol. The highest BCUT2D eigenvalue weighted by Gasteiger charge is 2.11. The number of pyridine rings is 1. The molecule has 4 heteroatoms. The van der Waals surface area contributed by atoms with Gasteiger partial charge in [0.15, 0.2) is 0 Å². The van der Waals surface area contributed by atoms with E-state index in [0.717, 1.165) is 22.2 Å². The summed E-state index contributed by atoms with van der Waals surface area (Å²) < 4.78 is 1.53. The van der Waals surface area contributed by atoms with Gasteiger partial charge in [-0.2, -0.15) is 0 Å². The highest BCUT2D eigenvalue weighted by molar-refractivity contribution is 5.92. The second-order valence-corrected chi connectivity index (χ2v) is 5.64. The quantitative estimate of drug-likeness (QED) is 0.807. The minimum absolute atomic E-state index is 0.00460. The average Bonchev–Trinajstić information content (AvgIpc) is 2.54. The molecule has 3 aromatic rings. The molecule has 0 aliphatic rings. The summed E-state index contributed by atoms with van der Waals surface area (Å²) in [5.41, 5.74) is 3.02. The highest BCUT2D eigenvalue weighted by Crippen LogP contribution is 2.15. The fourth-order valence-electron chi connectivity index (χ4n) is 2.68. The lowest BCUT2D eigenvalue weighted by Crippen LogP contribution is -2.29. The molecule has 1 N–H and O–H groups in total. The van der Waals surface area contributed by atoms with Crippen molar-refractivity contribution in [1.82, 2.24) is 4.57 Å². The van der Waals surface area contributed by atoms with E-state index >= 15 is 0 Å². The van der Waals surface area contributed by atoms with Crippen LogP contribution < -0.4 is 10.9 Å².